The average Bonchev–Trinajstić information content (AvgIpc) is 2.61. The summed E-state index contributed by atoms with van der Waals surface area (Å²) >= 11 is 0. The van der Waals surface area contributed by atoms with E-state index in [-0.39, 0.29) is 5.78 Å². The van der Waals surface area contributed by atoms with Gasteiger partial charge in [-0.15, -0.1) is 0 Å². The molecule has 0 saturated heterocycles. The predicted octanol–water partition coefficient (Wildman–Crippen LogP) is 3.72. The Hall–Kier alpha value is -1.57. The molecule has 0 unspecified atom stereocenters. The molecule has 0 bridgehead atoms. The van der Waals surface area contributed by atoms with Gasteiger partial charge in [0.2, 0.25) is 0 Å². The van der Waals surface area contributed by atoms with Gasteiger partial charge in [-0.25, -0.2) is 0 Å². The highest BCUT2D eigenvalue weighted by Crippen LogP contribution is 2.23. The van der Waals surface area contributed by atoms with E-state index in [1.165, 1.54) is 5.56 Å². The van der Waals surface area contributed by atoms with E-state index >= 15 is 0 Å². The molecule has 0 atom stereocenters. The monoisotopic (exact) mass is 217 g/mol. The van der Waals surface area contributed by atoms with Crippen molar-refractivity contribution in [2.24, 2.45) is 7.05 Å². The van der Waals surface area contributed by atoms with Gasteiger partial charge in [0, 0.05) is 24.2 Å². The molecule has 0 amide bonds. The molecule has 1 aromatic heterocycles. The highest BCUT2D eigenvalue weighted by atomic mass is 16.1. The molecule has 1 aromatic carbocycles. The summed E-state index contributed by atoms with van der Waals surface area (Å²) in [7, 11) is 1.97. The van der Waals surface area contributed by atoms with Gasteiger partial charge in [-0.1, -0.05) is 32.0 Å². The van der Waals surface area contributed by atoms with Gasteiger partial charge in [0.15, 0.2) is 5.78 Å². The van der Waals surface area contributed by atoms with Gasteiger partial charge in [0.1, 0.15) is 0 Å². The zero-order valence-corrected chi connectivity index (χ0v) is 10.7. The third kappa shape index (κ3) is 2.01. The number of benzene rings is 1. The van der Waals surface area contributed by atoms with Crippen molar-refractivity contribution < 1.29 is 4.79 Å². The van der Waals surface area contributed by atoms with Crippen molar-refractivity contribution >= 4 is 16.7 Å². The lowest BCUT2D eigenvalue weighted by molar-refractivity contribution is 0.101. The summed E-state index contributed by atoms with van der Waals surface area (Å²) in [6.45, 7) is 7.67. The SMILES string of the molecule is CC.CC(=O)c1cn(C)c2c(C)cccc12. The summed E-state index contributed by atoms with van der Waals surface area (Å²) in [5.41, 5.74) is 3.17. The minimum absolute atomic E-state index is 0.126. The van der Waals surface area contributed by atoms with Crippen LogP contribution in [0.15, 0.2) is 24.4 Å². The maximum absolute atomic E-state index is 11.4. The normalized spacial score (nSPS) is 9.81. The first kappa shape index (κ1) is 12.5. The van der Waals surface area contributed by atoms with Crippen molar-refractivity contribution in [3.05, 3.63) is 35.5 Å². The summed E-state index contributed by atoms with van der Waals surface area (Å²) in [5, 5.41) is 1.06. The fourth-order valence-corrected chi connectivity index (χ4v) is 1.95. The van der Waals surface area contributed by atoms with E-state index in [1.54, 1.807) is 6.92 Å². The Morgan fingerprint density at radius 1 is 1.25 bits per heavy atom. The molecule has 86 valence electrons. The maximum atomic E-state index is 11.4. The lowest BCUT2D eigenvalue weighted by Crippen LogP contribution is -1.88. The number of hydrogen-bond donors (Lipinski definition) is 0. The van der Waals surface area contributed by atoms with Crippen LogP contribution in [0, 0.1) is 6.92 Å². The molecule has 16 heavy (non-hydrogen) atoms. The molecule has 2 heteroatoms. The number of aromatic nitrogens is 1. The van der Waals surface area contributed by atoms with Crippen LogP contribution in [0.25, 0.3) is 10.9 Å². The lowest BCUT2D eigenvalue weighted by atomic mass is 10.1. The highest BCUT2D eigenvalue weighted by molar-refractivity contribution is 6.07. The second-order valence-electron chi connectivity index (χ2n) is 3.68. The van der Waals surface area contributed by atoms with Crippen molar-refractivity contribution in [2.75, 3.05) is 0 Å². The minimum atomic E-state index is 0.126. The van der Waals surface area contributed by atoms with E-state index in [0.717, 1.165) is 16.5 Å². The van der Waals surface area contributed by atoms with Crippen molar-refractivity contribution in [1.82, 2.24) is 4.57 Å². The Bertz CT molecular complexity index is 509. The second kappa shape index (κ2) is 4.97. The van der Waals surface area contributed by atoms with Gasteiger partial charge < -0.3 is 4.57 Å². The maximum Gasteiger partial charge on any atom is 0.161 e. The zero-order chi connectivity index (χ0) is 12.3. The first-order valence-corrected chi connectivity index (χ1v) is 5.67. The summed E-state index contributed by atoms with van der Waals surface area (Å²) < 4.78 is 2.02. The molecule has 0 N–H and O–H groups in total. The van der Waals surface area contributed by atoms with Crippen LogP contribution in [-0.2, 0) is 7.05 Å². The topological polar surface area (TPSA) is 22.0 Å². The molecule has 2 aromatic rings. The third-order valence-corrected chi connectivity index (χ3v) is 2.58. The molecule has 0 spiro atoms. The smallest absolute Gasteiger partial charge is 0.161 e. The molecular weight excluding hydrogens is 198 g/mol. The Balaban J connectivity index is 0.000000606. The number of fused-ring (bicyclic) bond motifs is 1. The van der Waals surface area contributed by atoms with Crippen LogP contribution in [0.3, 0.4) is 0 Å². The first-order chi connectivity index (χ1) is 7.61. The zero-order valence-electron chi connectivity index (χ0n) is 10.7. The van der Waals surface area contributed by atoms with E-state index in [4.69, 9.17) is 0 Å². The molecule has 0 saturated carbocycles. The van der Waals surface area contributed by atoms with E-state index in [1.807, 2.05) is 43.8 Å². The Morgan fingerprint density at radius 3 is 2.44 bits per heavy atom. The predicted molar refractivity (Wildman–Crippen MR) is 69.0 cm³/mol. The number of carbonyl (C=O) groups is 1. The average molecular weight is 217 g/mol. The van der Waals surface area contributed by atoms with Crippen LogP contribution >= 0.6 is 0 Å². The van der Waals surface area contributed by atoms with Gasteiger partial charge in [-0.05, 0) is 19.4 Å². The van der Waals surface area contributed by atoms with Crippen molar-refractivity contribution in [2.45, 2.75) is 27.7 Å². The largest absolute Gasteiger partial charge is 0.350 e. The van der Waals surface area contributed by atoms with Crippen LogP contribution in [-0.4, -0.2) is 10.4 Å². The van der Waals surface area contributed by atoms with E-state index in [9.17, 15) is 4.79 Å². The molecule has 0 aliphatic carbocycles. The number of nitrogens with zero attached hydrogens (tertiary/aromatic N) is 1. The second-order valence-corrected chi connectivity index (χ2v) is 3.68. The van der Waals surface area contributed by atoms with Gasteiger partial charge >= 0.3 is 0 Å². The summed E-state index contributed by atoms with van der Waals surface area (Å²) in [5.74, 6) is 0.126. The highest BCUT2D eigenvalue weighted by Gasteiger charge is 2.10. The van der Waals surface area contributed by atoms with Gasteiger partial charge in [-0.2, -0.15) is 0 Å². The Morgan fingerprint density at radius 2 is 1.88 bits per heavy atom. The standard InChI is InChI=1S/C12H13NO.C2H6/c1-8-5-4-6-10-11(9(2)14)7-13(3)12(8)10;1-2/h4-7H,1-3H3;1-2H3. The van der Waals surface area contributed by atoms with E-state index in [2.05, 4.69) is 13.0 Å². The van der Waals surface area contributed by atoms with Crippen LogP contribution < -0.4 is 0 Å². The van der Waals surface area contributed by atoms with Crippen molar-refractivity contribution in [3.8, 4) is 0 Å². The number of ketones is 1. The lowest BCUT2D eigenvalue weighted by Gasteiger charge is -1.99. The van der Waals surface area contributed by atoms with Gasteiger partial charge in [0.05, 0.1) is 5.52 Å². The summed E-state index contributed by atoms with van der Waals surface area (Å²) in [6, 6.07) is 6.05. The number of hydrogen-bond acceptors (Lipinski definition) is 1. The number of carbonyl (C=O) groups excluding carboxylic acids is 1. The van der Waals surface area contributed by atoms with E-state index < -0.39 is 0 Å². The quantitative estimate of drug-likeness (QED) is 0.667. The van der Waals surface area contributed by atoms with Crippen molar-refractivity contribution in [3.63, 3.8) is 0 Å². The number of aryl methyl sites for hydroxylation is 2. The number of Topliss-reactive ketones (excluding diaryl/α,β-unsaturated/α-hetero) is 1. The van der Waals surface area contributed by atoms with Crippen LogP contribution in [0.5, 0.6) is 0 Å². The number of para-hydroxylation sites is 1. The van der Waals surface area contributed by atoms with Gasteiger partial charge in [-0.3, -0.25) is 4.79 Å². The molecule has 0 radical (unpaired) electrons. The molecule has 0 aliphatic heterocycles. The number of rotatable bonds is 1. The molecule has 2 rings (SSSR count). The van der Waals surface area contributed by atoms with Crippen molar-refractivity contribution in [1.29, 1.82) is 0 Å². The molecule has 0 fully saturated rings. The van der Waals surface area contributed by atoms with Crippen LogP contribution in [0.1, 0.15) is 36.7 Å². The first-order valence-electron chi connectivity index (χ1n) is 5.67. The van der Waals surface area contributed by atoms with Crippen LogP contribution in [0.2, 0.25) is 0 Å². The fourth-order valence-electron chi connectivity index (χ4n) is 1.95. The third-order valence-electron chi connectivity index (χ3n) is 2.58. The van der Waals surface area contributed by atoms with Crippen LogP contribution in [0.4, 0.5) is 0 Å². The summed E-state index contributed by atoms with van der Waals surface area (Å²) in [4.78, 5) is 11.4. The molecule has 0 aliphatic rings. The fraction of sp³-hybridized carbons (Fsp3) is 0.357. The molecule has 1 heterocycles. The Labute approximate surface area is 96.9 Å². The molecular formula is C14H19NO. The van der Waals surface area contributed by atoms with Gasteiger partial charge in [0.25, 0.3) is 0 Å². The molecule has 2 nitrogen and oxygen atoms in total. The Kier molecular flexibility index (Phi) is 3.88. The van der Waals surface area contributed by atoms with E-state index in [0.29, 0.717) is 0 Å². The minimum Gasteiger partial charge on any atom is -0.350 e. The summed E-state index contributed by atoms with van der Waals surface area (Å²) in [6.07, 6.45) is 1.90.